The summed E-state index contributed by atoms with van der Waals surface area (Å²) in [7, 11) is 1.58. The van der Waals surface area contributed by atoms with Gasteiger partial charge in [0, 0.05) is 12.6 Å². The lowest BCUT2D eigenvalue weighted by atomic mass is 10.3. The lowest BCUT2D eigenvalue weighted by Crippen LogP contribution is -2.17. The lowest BCUT2D eigenvalue weighted by Gasteiger charge is -1.91. The highest BCUT2D eigenvalue weighted by Gasteiger charge is 1.92. The van der Waals surface area contributed by atoms with E-state index < -0.39 is 0 Å². The summed E-state index contributed by atoms with van der Waals surface area (Å²) in [5, 5.41) is 2.43. The first-order chi connectivity index (χ1) is 3.18. The third-order valence-electron chi connectivity index (χ3n) is 0.615. The van der Waals surface area contributed by atoms with E-state index in [4.69, 9.17) is 0 Å². The molecule has 0 aliphatic heterocycles. The van der Waals surface area contributed by atoms with Gasteiger partial charge in [0.1, 0.15) is 0 Å². The van der Waals surface area contributed by atoms with Gasteiger partial charge in [0.15, 0.2) is 0 Å². The molecule has 0 spiro atoms. The highest BCUT2D eigenvalue weighted by Crippen LogP contribution is 1.81. The van der Waals surface area contributed by atoms with E-state index in [9.17, 15) is 4.79 Å². The molecule has 0 aromatic heterocycles. The summed E-state index contributed by atoms with van der Waals surface area (Å²) in [5.41, 5.74) is 0.544. The van der Waals surface area contributed by atoms with E-state index in [2.05, 4.69) is 11.9 Å². The van der Waals surface area contributed by atoms with Crippen LogP contribution in [0.25, 0.3) is 0 Å². The van der Waals surface area contributed by atoms with E-state index in [0.717, 1.165) is 0 Å². The van der Waals surface area contributed by atoms with Crippen molar-refractivity contribution in [3.05, 3.63) is 12.2 Å². The van der Waals surface area contributed by atoms with Crippen molar-refractivity contribution in [1.82, 2.24) is 5.32 Å². The first kappa shape index (κ1) is 10.2. The minimum absolute atomic E-state index is 0. The Hall–Kier alpha value is -0.790. The average molecular weight is 115 g/mol. The predicted molar refractivity (Wildman–Crippen MR) is 35.6 cm³/mol. The Bertz CT molecular complexity index is 96.7. The van der Waals surface area contributed by atoms with E-state index in [1.165, 1.54) is 0 Å². The molecule has 0 atom stereocenters. The number of amides is 1. The van der Waals surface area contributed by atoms with Crippen molar-refractivity contribution >= 4 is 5.91 Å². The second-order valence-electron chi connectivity index (χ2n) is 1.36. The van der Waals surface area contributed by atoms with E-state index in [1.807, 2.05) is 0 Å². The third-order valence-corrected chi connectivity index (χ3v) is 0.615. The van der Waals surface area contributed by atoms with Gasteiger partial charge in [-0.2, -0.15) is 0 Å². The summed E-state index contributed by atoms with van der Waals surface area (Å²) >= 11 is 0. The van der Waals surface area contributed by atoms with Crippen molar-refractivity contribution < 1.29 is 4.79 Å². The number of carbonyl (C=O) groups excluding carboxylic acids is 1. The molecule has 0 rings (SSSR count). The Morgan fingerprint density at radius 1 is 1.62 bits per heavy atom. The molecule has 0 fully saturated rings. The number of rotatable bonds is 1. The van der Waals surface area contributed by atoms with Crippen molar-refractivity contribution in [1.29, 1.82) is 0 Å². The SMILES string of the molecule is C.C=C(C)C(=O)NC. The second kappa shape index (κ2) is 4.37. The van der Waals surface area contributed by atoms with Crippen LogP contribution in [-0.4, -0.2) is 13.0 Å². The van der Waals surface area contributed by atoms with Gasteiger partial charge in [-0.25, -0.2) is 0 Å². The molecule has 0 saturated carbocycles. The largest absolute Gasteiger partial charge is 0.355 e. The molecule has 0 aromatic carbocycles. The van der Waals surface area contributed by atoms with Gasteiger partial charge < -0.3 is 5.32 Å². The number of likely N-dealkylation sites (N-methyl/N-ethyl adjacent to an activating group) is 1. The van der Waals surface area contributed by atoms with Crippen LogP contribution in [0.1, 0.15) is 14.4 Å². The van der Waals surface area contributed by atoms with Gasteiger partial charge >= 0.3 is 0 Å². The molecule has 0 aliphatic rings. The van der Waals surface area contributed by atoms with Crippen LogP contribution < -0.4 is 5.32 Å². The van der Waals surface area contributed by atoms with Crippen LogP contribution in [0.3, 0.4) is 0 Å². The first-order valence-electron chi connectivity index (χ1n) is 2.06. The number of nitrogens with one attached hydrogen (secondary N) is 1. The Kier molecular flexibility index (Phi) is 5.60. The van der Waals surface area contributed by atoms with Crippen molar-refractivity contribution in [2.24, 2.45) is 0 Å². The first-order valence-corrected chi connectivity index (χ1v) is 2.06. The fourth-order valence-electron chi connectivity index (χ4n) is 0.213. The molecule has 48 valence electrons. The van der Waals surface area contributed by atoms with Crippen molar-refractivity contribution in [3.63, 3.8) is 0 Å². The smallest absolute Gasteiger partial charge is 0.246 e. The fourth-order valence-corrected chi connectivity index (χ4v) is 0.213. The molecule has 0 aromatic rings. The maximum atomic E-state index is 10.3. The van der Waals surface area contributed by atoms with Gasteiger partial charge in [-0.3, -0.25) is 4.79 Å². The molecule has 8 heavy (non-hydrogen) atoms. The topological polar surface area (TPSA) is 29.1 Å². The third kappa shape index (κ3) is 3.40. The molecule has 2 nitrogen and oxygen atoms in total. The zero-order valence-corrected chi connectivity index (χ0v) is 4.62. The monoisotopic (exact) mass is 115 g/mol. The summed E-state index contributed by atoms with van der Waals surface area (Å²) in [5.74, 6) is -0.0972. The summed E-state index contributed by atoms with van der Waals surface area (Å²) in [6, 6.07) is 0. The van der Waals surface area contributed by atoms with Crippen LogP contribution >= 0.6 is 0 Å². The zero-order valence-electron chi connectivity index (χ0n) is 4.62. The maximum Gasteiger partial charge on any atom is 0.246 e. The molecular formula is C6H13NO. The maximum absolute atomic E-state index is 10.3. The molecule has 1 N–H and O–H groups in total. The number of hydrogen-bond donors (Lipinski definition) is 1. The van der Waals surface area contributed by atoms with Crippen molar-refractivity contribution in [3.8, 4) is 0 Å². The molecule has 0 unspecified atom stereocenters. The highest BCUT2D eigenvalue weighted by molar-refractivity contribution is 5.91. The van der Waals surface area contributed by atoms with E-state index in [-0.39, 0.29) is 13.3 Å². The van der Waals surface area contributed by atoms with Crippen LogP contribution in [0.15, 0.2) is 12.2 Å². The van der Waals surface area contributed by atoms with Crippen molar-refractivity contribution in [2.75, 3.05) is 7.05 Å². The molecule has 0 bridgehead atoms. The number of carbonyl (C=O) groups is 1. The minimum Gasteiger partial charge on any atom is -0.355 e. The van der Waals surface area contributed by atoms with Crippen LogP contribution in [0, 0.1) is 0 Å². The molecule has 1 amide bonds. The highest BCUT2D eigenvalue weighted by atomic mass is 16.1. The lowest BCUT2D eigenvalue weighted by molar-refractivity contribution is -0.116. The summed E-state index contributed by atoms with van der Waals surface area (Å²) in [6.07, 6.45) is 0. The Morgan fingerprint density at radius 2 is 2.00 bits per heavy atom. The zero-order chi connectivity index (χ0) is 5.86. The van der Waals surface area contributed by atoms with Gasteiger partial charge in [-0.15, -0.1) is 0 Å². The van der Waals surface area contributed by atoms with Gasteiger partial charge in [0.05, 0.1) is 0 Å². The normalized spacial score (nSPS) is 6.75. The molecule has 0 heterocycles. The van der Waals surface area contributed by atoms with Gasteiger partial charge in [-0.05, 0) is 6.92 Å². The standard InChI is InChI=1S/C5H9NO.CH4/c1-4(2)5(7)6-3;/h1H2,2-3H3,(H,6,7);1H4. The molecule has 0 saturated heterocycles. The average Bonchev–Trinajstić information content (AvgIpc) is 1.65. The van der Waals surface area contributed by atoms with Crippen LogP contribution in [0.4, 0.5) is 0 Å². The summed E-state index contributed by atoms with van der Waals surface area (Å²) in [4.78, 5) is 10.3. The molecular weight excluding hydrogens is 102 g/mol. The quantitative estimate of drug-likeness (QED) is 0.506. The molecule has 2 heteroatoms. The summed E-state index contributed by atoms with van der Waals surface area (Å²) < 4.78 is 0. The molecule has 0 aliphatic carbocycles. The fraction of sp³-hybridized carbons (Fsp3) is 0.500. The second-order valence-corrected chi connectivity index (χ2v) is 1.36. The van der Waals surface area contributed by atoms with Gasteiger partial charge in [0.2, 0.25) is 5.91 Å². The Morgan fingerprint density at radius 3 is 2.00 bits per heavy atom. The van der Waals surface area contributed by atoms with Crippen LogP contribution in [0.5, 0.6) is 0 Å². The molecule has 0 radical (unpaired) electrons. The van der Waals surface area contributed by atoms with E-state index in [1.54, 1.807) is 14.0 Å². The summed E-state index contributed by atoms with van der Waals surface area (Å²) in [6.45, 7) is 5.08. The van der Waals surface area contributed by atoms with E-state index >= 15 is 0 Å². The van der Waals surface area contributed by atoms with Crippen molar-refractivity contribution in [2.45, 2.75) is 14.4 Å². The Labute approximate surface area is 50.6 Å². The van der Waals surface area contributed by atoms with E-state index in [0.29, 0.717) is 5.57 Å². The van der Waals surface area contributed by atoms with Gasteiger partial charge in [-0.1, -0.05) is 14.0 Å². The van der Waals surface area contributed by atoms with Gasteiger partial charge in [0.25, 0.3) is 0 Å². The number of hydrogen-bond acceptors (Lipinski definition) is 1. The van der Waals surface area contributed by atoms with Crippen LogP contribution in [0.2, 0.25) is 0 Å². The minimum atomic E-state index is -0.0972. The Balaban J connectivity index is 0. The van der Waals surface area contributed by atoms with Crippen LogP contribution in [-0.2, 0) is 4.79 Å². The predicted octanol–water partition coefficient (Wildman–Crippen LogP) is 0.945.